The summed E-state index contributed by atoms with van der Waals surface area (Å²) in [6.07, 6.45) is 2.18. The Morgan fingerprint density at radius 2 is 1.81 bits per heavy atom. The van der Waals surface area contributed by atoms with E-state index >= 15 is 0 Å². The Morgan fingerprint density at radius 3 is 2.38 bits per heavy atom. The number of halogens is 1. The number of aliphatic hydroxyl groups is 1. The molecule has 0 aromatic heterocycles. The molecular weight excluding hydrogens is 414 g/mol. The summed E-state index contributed by atoms with van der Waals surface area (Å²) in [4.78, 5) is 1.77. The molecule has 2 aromatic carbocycles. The number of nitrogens with zero attached hydrogens (tertiary/aromatic N) is 1. The first-order valence-corrected chi connectivity index (χ1v) is 10.6. The van der Waals surface area contributed by atoms with Gasteiger partial charge < -0.3 is 5.11 Å². The van der Waals surface area contributed by atoms with E-state index in [2.05, 4.69) is 21.7 Å². The average Bonchev–Trinajstić information content (AvgIpc) is 2.64. The van der Waals surface area contributed by atoms with Crippen molar-refractivity contribution in [3.63, 3.8) is 0 Å². The monoisotopic (exact) mass is 435 g/mol. The molecule has 0 spiro atoms. The van der Waals surface area contributed by atoms with Crippen LogP contribution in [-0.4, -0.2) is 37.0 Å². The number of sulfonamides is 1. The maximum absolute atomic E-state index is 13.2. The molecule has 0 radical (unpaired) electrons. The second kappa shape index (κ2) is 9.86. The topological polar surface area (TPSA) is 57.6 Å². The van der Waals surface area contributed by atoms with Gasteiger partial charge in [0.2, 0.25) is 10.0 Å². The number of aryl methyl sites for hydroxylation is 1. The van der Waals surface area contributed by atoms with Crippen molar-refractivity contribution >= 4 is 26.0 Å². The van der Waals surface area contributed by atoms with Crippen LogP contribution in [-0.2, 0) is 16.4 Å². The largest absolute Gasteiger partial charge is 0.395 e. The van der Waals surface area contributed by atoms with E-state index in [1.807, 2.05) is 37.3 Å². The molecule has 0 heterocycles. The fourth-order valence-electron chi connectivity index (χ4n) is 2.66. The van der Waals surface area contributed by atoms with Crippen LogP contribution < -0.4 is 0 Å². The van der Waals surface area contributed by atoms with Gasteiger partial charge >= 0.3 is 0 Å². The molecule has 6 heteroatoms. The molecule has 0 amide bonds. The lowest BCUT2D eigenvalue weighted by atomic mass is 10.1. The molecule has 4 nitrogen and oxygen atoms in total. The molecule has 1 atom stereocenters. The Hall–Kier alpha value is -1.69. The molecule has 26 heavy (non-hydrogen) atoms. The van der Waals surface area contributed by atoms with Crippen LogP contribution in [0.1, 0.15) is 11.1 Å². The highest BCUT2D eigenvalue weighted by molar-refractivity contribution is 9.11. The van der Waals surface area contributed by atoms with E-state index in [1.54, 1.807) is 35.3 Å². The van der Waals surface area contributed by atoms with Crippen LogP contribution in [0.25, 0.3) is 0 Å². The second-order valence-electron chi connectivity index (χ2n) is 5.85. The fraction of sp³-hybridized carbons (Fsp3) is 0.250. The maximum Gasteiger partial charge on any atom is 0.243 e. The van der Waals surface area contributed by atoms with Gasteiger partial charge in [-0.25, -0.2) is 8.42 Å². The van der Waals surface area contributed by atoms with Crippen LogP contribution in [0.4, 0.5) is 0 Å². The van der Waals surface area contributed by atoms with Crippen molar-refractivity contribution in [3.8, 4) is 0 Å². The SMILES string of the molecule is Cc1ccc(S(=O)(=O)N(CCO)[C@H](C=C=CBr)Cc2ccccc2)cc1. The molecule has 2 aromatic rings. The minimum Gasteiger partial charge on any atom is -0.395 e. The van der Waals surface area contributed by atoms with Crippen LogP contribution in [0.2, 0.25) is 0 Å². The lowest BCUT2D eigenvalue weighted by Gasteiger charge is -2.28. The van der Waals surface area contributed by atoms with E-state index in [1.165, 1.54) is 4.31 Å². The molecule has 1 N–H and O–H groups in total. The highest BCUT2D eigenvalue weighted by Crippen LogP contribution is 2.21. The highest BCUT2D eigenvalue weighted by atomic mass is 79.9. The molecule has 0 aliphatic rings. The lowest BCUT2D eigenvalue weighted by Crippen LogP contribution is -2.42. The number of benzene rings is 2. The van der Waals surface area contributed by atoms with E-state index in [4.69, 9.17) is 0 Å². The summed E-state index contributed by atoms with van der Waals surface area (Å²) in [5.74, 6) is 0. The first-order chi connectivity index (χ1) is 12.5. The molecule has 2 rings (SSSR count). The van der Waals surface area contributed by atoms with E-state index in [0.29, 0.717) is 6.42 Å². The molecule has 0 saturated heterocycles. The molecule has 0 unspecified atom stereocenters. The van der Waals surface area contributed by atoms with E-state index in [-0.39, 0.29) is 18.0 Å². The van der Waals surface area contributed by atoms with Gasteiger partial charge in [-0.2, -0.15) is 4.31 Å². The minimum atomic E-state index is -3.76. The Bertz CT molecular complexity index is 858. The average molecular weight is 436 g/mol. The van der Waals surface area contributed by atoms with Crippen molar-refractivity contribution in [2.24, 2.45) is 0 Å². The molecule has 0 bridgehead atoms. The summed E-state index contributed by atoms with van der Waals surface area (Å²) in [6.45, 7) is 1.65. The van der Waals surface area contributed by atoms with Crippen molar-refractivity contribution in [1.82, 2.24) is 4.31 Å². The maximum atomic E-state index is 13.2. The summed E-state index contributed by atoms with van der Waals surface area (Å²) >= 11 is 3.17. The van der Waals surface area contributed by atoms with Crippen LogP contribution in [0.15, 0.2) is 76.3 Å². The van der Waals surface area contributed by atoms with Crippen molar-refractivity contribution in [2.45, 2.75) is 24.3 Å². The lowest BCUT2D eigenvalue weighted by molar-refractivity contribution is 0.238. The molecular formula is C20H22BrNO3S. The summed E-state index contributed by atoms with van der Waals surface area (Å²) in [5, 5.41) is 9.47. The van der Waals surface area contributed by atoms with Crippen molar-refractivity contribution < 1.29 is 13.5 Å². The third-order valence-corrected chi connectivity index (χ3v) is 6.16. The van der Waals surface area contributed by atoms with Crippen LogP contribution in [0.3, 0.4) is 0 Å². The molecule has 0 saturated carbocycles. The van der Waals surface area contributed by atoms with Crippen molar-refractivity contribution in [3.05, 3.63) is 82.5 Å². The summed E-state index contributed by atoms with van der Waals surface area (Å²) < 4.78 is 27.7. The first-order valence-electron chi connectivity index (χ1n) is 8.23. The quantitative estimate of drug-likeness (QED) is 0.643. The highest BCUT2D eigenvalue weighted by Gasteiger charge is 2.30. The Morgan fingerprint density at radius 1 is 1.15 bits per heavy atom. The minimum absolute atomic E-state index is 0.00811. The summed E-state index contributed by atoms with van der Waals surface area (Å²) in [7, 11) is -3.76. The van der Waals surface area contributed by atoms with E-state index < -0.39 is 16.1 Å². The van der Waals surface area contributed by atoms with Crippen LogP contribution in [0.5, 0.6) is 0 Å². The van der Waals surface area contributed by atoms with Gasteiger partial charge in [0.05, 0.1) is 17.5 Å². The number of aliphatic hydroxyl groups excluding tert-OH is 1. The Kier molecular flexibility index (Phi) is 7.82. The van der Waals surface area contributed by atoms with Gasteiger partial charge in [0.15, 0.2) is 0 Å². The van der Waals surface area contributed by atoms with Crippen molar-refractivity contribution in [2.75, 3.05) is 13.2 Å². The molecule has 138 valence electrons. The van der Waals surface area contributed by atoms with Crippen molar-refractivity contribution in [1.29, 1.82) is 0 Å². The summed E-state index contributed by atoms with van der Waals surface area (Å²) in [6, 6.07) is 15.9. The van der Waals surface area contributed by atoms with Gasteiger partial charge in [-0.1, -0.05) is 64.0 Å². The molecule has 0 aliphatic carbocycles. The van der Waals surface area contributed by atoms with Gasteiger partial charge in [-0.15, -0.1) is 5.73 Å². The van der Waals surface area contributed by atoms with Crippen LogP contribution >= 0.6 is 15.9 Å². The number of hydrogen-bond acceptors (Lipinski definition) is 3. The normalized spacial score (nSPS) is 12.5. The van der Waals surface area contributed by atoms with E-state index in [9.17, 15) is 13.5 Å². The van der Waals surface area contributed by atoms with Gasteiger partial charge in [-0.3, -0.25) is 0 Å². The predicted molar refractivity (Wildman–Crippen MR) is 108 cm³/mol. The second-order valence-corrected chi connectivity index (χ2v) is 8.20. The molecule has 0 aliphatic heterocycles. The van der Waals surface area contributed by atoms with Gasteiger partial charge in [0.1, 0.15) is 0 Å². The number of rotatable bonds is 8. The zero-order chi connectivity index (χ0) is 19.0. The standard InChI is InChI=1S/C20H22BrNO3S/c1-17-9-11-20(12-10-17)26(24,25)22(14-15-23)19(8-5-13-21)16-18-6-3-2-4-7-18/h2-4,6-13,19,23H,14-16H2,1H3/t5?,19-/m1/s1. The summed E-state index contributed by atoms with van der Waals surface area (Å²) in [5.41, 5.74) is 4.91. The number of hydrogen-bond donors (Lipinski definition) is 1. The zero-order valence-corrected chi connectivity index (χ0v) is 16.9. The Labute approximate surface area is 163 Å². The Balaban J connectivity index is 2.44. The van der Waals surface area contributed by atoms with E-state index in [0.717, 1.165) is 11.1 Å². The zero-order valence-electron chi connectivity index (χ0n) is 14.5. The predicted octanol–water partition coefficient (Wildman–Crippen LogP) is 3.65. The fourth-order valence-corrected chi connectivity index (χ4v) is 4.37. The van der Waals surface area contributed by atoms with Crippen LogP contribution in [0, 0.1) is 6.92 Å². The first kappa shape index (κ1) is 20.6. The third kappa shape index (κ3) is 5.40. The molecule has 0 fully saturated rings. The van der Waals surface area contributed by atoms with Gasteiger partial charge in [-0.05, 0) is 37.1 Å². The smallest absolute Gasteiger partial charge is 0.243 e. The third-order valence-electron chi connectivity index (χ3n) is 3.96. The van der Waals surface area contributed by atoms with Gasteiger partial charge in [0, 0.05) is 11.5 Å². The van der Waals surface area contributed by atoms with Gasteiger partial charge in [0.25, 0.3) is 0 Å².